The molecule has 37 heavy (non-hydrogen) atoms. The number of ketones is 1. The van der Waals surface area contributed by atoms with Gasteiger partial charge in [-0.2, -0.15) is 4.72 Å². The van der Waals surface area contributed by atoms with Crippen LogP contribution >= 0.6 is 27.5 Å². The Morgan fingerprint density at radius 2 is 1.46 bits per heavy atom. The van der Waals surface area contributed by atoms with Crippen LogP contribution in [0.4, 0.5) is 5.69 Å². The van der Waals surface area contributed by atoms with Crippen molar-refractivity contribution in [2.75, 3.05) is 5.32 Å². The SMILES string of the molecule is O=C(c1ccccc1)c1cc(Cl)ccc1NC(=O)[C@@H](Cc1ccccc1)NS(=O)(=O)c1ccc(Br)cc1. The normalized spacial score (nSPS) is 12.1. The molecule has 0 saturated heterocycles. The maximum Gasteiger partial charge on any atom is 0.242 e. The van der Waals surface area contributed by atoms with Crippen molar-refractivity contribution in [3.63, 3.8) is 0 Å². The summed E-state index contributed by atoms with van der Waals surface area (Å²) in [5.74, 6) is -0.942. The minimum Gasteiger partial charge on any atom is -0.324 e. The molecule has 2 N–H and O–H groups in total. The summed E-state index contributed by atoms with van der Waals surface area (Å²) in [6.45, 7) is 0. The van der Waals surface area contributed by atoms with Gasteiger partial charge in [-0.15, -0.1) is 0 Å². The van der Waals surface area contributed by atoms with Gasteiger partial charge in [0.05, 0.1) is 10.6 Å². The lowest BCUT2D eigenvalue weighted by Crippen LogP contribution is -2.45. The van der Waals surface area contributed by atoms with Crippen molar-refractivity contribution in [1.82, 2.24) is 4.72 Å². The summed E-state index contributed by atoms with van der Waals surface area (Å²) in [6, 6.07) is 27.2. The predicted molar refractivity (Wildman–Crippen MR) is 148 cm³/mol. The van der Waals surface area contributed by atoms with Gasteiger partial charge in [0.15, 0.2) is 5.78 Å². The summed E-state index contributed by atoms with van der Waals surface area (Å²) in [5, 5.41) is 3.07. The fourth-order valence-corrected chi connectivity index (χ4v) is 5.32. The molecule has 0 spiro atoms. The first kappa shape index (κ1) is 26.8. The molecule has 1 amide bonds. The van der Waals surface area contributed by atoms with E-state index >= 15 is 0 Å². The third-order valence-corrected chi connectivity index (χ3v) is 7.79. The number of anilines is 1. The van der Waals surface area contributed by atoms with Crippen molar-refractivity contribution in [3.05, 3.63) is 129 Å². The Bertz CT molecular complexity index is 1510. The fraction of sp³-hybridized carbons (Fsp3) is 0.0714. The van der Waals surface area contributed by atoms with E-state index in [1.807, 2.05) is 18.2 Å². The van der Waals surface area contributed by atoms with Gasteiger partial charge in [-0.25, -0.2) is 8.42 Å². The molecule has 0 aliphatic heterocycles. The largest absolute Gasteiger partial charge is 0.324 e. The number of amides is 1. The van der Waals surface area contributed by atoms with Gasteiger partial charge in [0, 0.05) is 20.6 Å². The molecular weight excluding hydrogens is 576 g/mol. The van der Waals surface area contributed by atoms with Gasteiger partial charge < -0.3 is 5.32 Å². The maximum absolute atomic E-state index is 13.5. The van der Waals surface area contributed by atoms with Crippen LogP contribution in [0.2, 0.25) is 5.02 Å². The van der Waals surface area contributed by atoms with E-state index in [4.69, 9.17) is 11.6 Å². The zero-order valence-electron chi connectivity index (χ0n) is 19.4. The van der Waals surface area contributed by atoms with Crippen LogP contribution in [-0.4, -0.2) is 26.2 Å². The third kappa shape index (κ3) is 6.93. The highest BCUT2D eigenvalue weighted by molar-refractivity contribution is 9.10. The van der Waals surface area contributed by atoms with Gasteiger partial charge in [-0.1, -0.05) is 88.2 Å². The van der Waals surface area contributed by atoms with Gasteiger partial charge in [-0.3, -0.25) is 9.59 Å². The Morgan fingerprint density at radius 1 is 0.838 bits per heavy atom. The summed E-state index contributed by atoms with van der Waals surface area (Å²) in [5.41, 5.74) is 1.61. The number of hydrogen-bond donors (Lipinski definition) is 2. The Morgan fingerprint density at radius 3 is 2.11 bits per heavy atom. The molecule has 0 aliphatic rings. The molecule has 9 heteroatoms. The van der Waals surface area contributed by atoms with Crippen LogP contribution in [0.1, 0.15) is 21.5 Å². The van der Waals surface area contributed by atoms with Crippen LogP contribution in [0.25, 0.3) is 0 Å². The number of carbonyl (C=O) groups excluding carboxylic acids is 2. The van der Waals surface area contributed by atoms with Gasteiger partial charge in [-0.05, 0) is 54.4 Å². The van der Waals surface area contributed by atoms with E-state index in [1.165, 1.54) is 24.3 Å². The zero-order valence-corrected chi connectivity index (χ0v) is 22.6. The summed E-state index contributed by atoms with van der Waals surface area (Å²) < 4.78 is 29.5. The highest BCUT2D eigenvalue weighted by Crippen LogP contribution is 2.24. The molecule has 0 aliphatic carbocycles. The summed E-state index contributed by atoms with van der Waals surface area (Å²) in [4.78, 5) is 26.7. The van der Waals surface area contributed by atoms with Crippen molar-refractivity contribution < 1.29 is 18.0 Å². The van der Waals surface area contributed by atoms with Crippen molar-refractivity contribution in [1.29, 1.82) is 0 Å². The molecule has 4 aromatic carbocycles. The van der Waals surface area contributed by atoms with Crippen LogP contribution in [0, 0.1) is 0 Å². The van der Waals surface area contributed by atoms with Crippen LogP contribution in [-0.2, 0) is 21.2 Å². The zero-order chi connectivity index (χ0) is 26.4. The second-order valence-electron chi connectivity index (χ2n) is 8.19. The van der Waals surface area contributed by atoms with E-state index in [2.05, 4.69) is 26.0 Å². The van der Waals surface area contributed by atoms with Crippen LogP contribution in [0.15, 0.2) is 112 Å². The fourth-order valence-electron chi connectivity index (χ4n) is 3.68. The first-order valence-corrected chi connectivity index (χ1v) is 13.9. The average Bonchev–Trinajstić information content (AvgIpc) is 2.90. The van der Waals surface area contributed by atoms with Gasteiger partial charge >= 0.3 is 0 Å². The van der Waals surface area contributed by atoms with E-state index in [0.29, 0.717) is 10.6 Å². The van der Waals surface area contributed by atoms with Crippen LogP contribution in [0.3, 0.4) is 0 Å². The first-order valence-electron chi connectivity index (χ1n) is 11.2. The molecule has 0 radical (unpaired) electrons. The van der Waals surface area contributed by atoms with E-state index in [0.717, 1.165) is 10.0 Å². The number of sulfonamides is 1. The lowest BCUT2D eigenvalue weighted by molar-refractivity contribution is -0.117. The molecule has 4 aromatic rings. The summed E-state index contributed by atoms with van der Waals surface area (Å²) >= 11 is 9.45. The highest BCUT2D eigenvalue weighted by atomic mass is 79.9. The quantitative estimate of drug-likeness (QED) is 0.236. The Hall–Kier alpha value is -3.30. The van der Waals surface area contributed by atoms with Crippen molar-refractivity contribution >= 4 is 54.9 Å². The molecule has 188 valence electrons. The van der Waals surface area contributed by atoms with Crippen LogP contribution < -0.4 is 10.0 Å². The van der Waals surface area contributed by atoms with E-state index < -0.39 is 22.0 Å². The van der Waals surface area contributed by atoms with Crippen molar-refractivity contribution in [2.24, 2.45) is 0 Å². The lowest BCUT2D eigenvalue weighted by Gasteiger charge is -2.20. The van der Waals surface area contributed by atoms with E-state index in [-0.39, 0.29) is 28.4 Å². The van der Waals surface area contributed by atoms with E-state index in [9.17, 15) is 18.0 Å². The molecule has 0 fully saturated rings. The van der Waals surface area contributed by atoms with Crippen molar-refractivity contribution in [3.8, 4) is 0 Å². The lowest BCUT2D eigenvalue weighted by atomic mass is 10.0. The topological polar surface area (TPSA) is 92.3 Å². The maximum atomic E-state index is 13.5. The number of rotatable bonds is 9. The van der Waals surface area contributed by atoms with Crippen molar-refractivity contribution in [2.45, 2.75) is 17.4 Å². The highest BCUT2D eigenvalue weighted by Gasteiger charge is 2.27. The number of hydrogen-bond acceptors (Lipinski definition) is 4. The molecule has 1 atom stereocenters. The number of halogens is 2. The number of nitrogens with one attached hydrogen (secondary N) is 2. The first-order chi connectivity index (χ1) is 17.7. The molecule has 0 bridgehead atoms. The average molecular weight is 598 g/mol. The van der Waals surface area contributed by atoms with Crippen LogP contribution in [0.5, 0.6) is 0 Å². The Kier molecular flexibility index (Phi) is 8.56. The van der Waals surface area contributed by atoms with E-state index in [1.54, 1.807) is 60.7 Å². The monoisotopic (exact) mass is 596 g/mol. The predicted octanol–water partition coefficient (Wildman–Crippen LogP) is 5.86. The standard InChI is InChI=1S/C28H22BrClN2O4S/c29-21-11-14-23(15-12-21)37(35,36)32-26(17-19-7-3-1-4-8-19)28(34)31-25-16-13-22(30)18-24(25)27(33)20-9-5-2-6-10-20/h1-16,18,26,32H,17H2,(H,31,34)/t26-/m1/s1. The molecule has 4 rings (SSSR count). The second kappa shape index (κ2) is 11.8. The molecule has 0 aromatic heterocycles. The number of benzene rings is 4. The van der Waals surface area contributed by atoms with Gasteiger partial charge in [0.25, 0.3) is 0 Å². The van der Waals surface area contributed by atoms with Gasteiger partial charge in [0.1, 0.15) is 6.04 Å². The summed E-state index contributed by atoms with van der Waals surface area (Å²) in [7, 11) is -4.03. The summed E-state index contributed by atoms with van der Waals surface area (Å²) in [6.07, 6.45) is 0.0952. The minimum atomic E-state index is -4.03. The molecule has 0 saturated carbocycles. The third-order valence-electron chi connectivity index (χ3n) is 5.54. The molecule has 6 nitrogen and oxygen atoms in total. The Balaban J connectivity index is 1.65. The Labute approximate surface area is 228 Å². The molecular formula is C28H22BrClN2O4S. The smallest absolute Gasteiger partial charge is 0.242 e. The molecule has 0 heterocycles. The molecule has 0 unspecified atom stereocenters. The second-order valence-corrected chi connectivity index (χ2v) is 11.3. The van der Waals surface area contributed by atoms with Gasteiger partial charge in [0.2, 0.25) is 15.9 Å². The number of carbonyl (C=O) groups is 2. The minimum absolute atomic E-state index is 0.0213.